The van der Waals surface area contributed by atoms with Gasteiger partial charge < -0.3 is 20.6 Å². The van der Waals surface area contributed by atoms with E-state index < -0.39 is 17.4 Å². The van der Waals surface area contributed by atoms with E-state index in [-0.39, 0.29) is 12.1 Å². The molecule has 1 aliphatic heterocycles. The molecule has 0 amide bonds. The normalized spacial score (nSPS) is 15.7. The highest BCUT2D eigenvalue weighted by Crippen LogP contribution is 2.32. The Balaban J connectivity index is 1.75. The van der Waals surface area contributed by atoms with Gasteiger partial charge in [0, 0.05) is 36.8 Å². The number of aromatic hydroxyl groups is 1. The Bertz CT molecular complexity index is 1310. The smallest absolute Gasteiger partial charge is 0.165 e. The number of hydrogen-bond donors (Lipinski definition) is 3. The molecule has 1 aliphatic rings. The zero-order valence-electron chi connectivity index (χ0n) is 22.2. The first-order valence-electron chi connectivity index (χ1n) is 12.3. The SMILES string of the molecule is C=C(NC/C(C)=C/SC(=C)c1ccccc1)C(=C/C)/C(C)=C1\C(=C)NCCN1Cc1c(F)ccc(F)c1O. The monoisotopic (exact) mass is 535 g/mol. The summed E-state index contributed by atoms with van der Waals surface area (Å²) in [5.41, 5.74) is 6.06. The summed E-state index contributed by atoms with van der Waals surface area (Å²) in [6.07, 6.45) is 1.96. The van der Waals surface area contributed by atoms with Crippen LogP contribution in [0, 0.1) is 11.6 Å². The minimum atomic E-state index is -0.849. The number of rotatable bonds is 10. The summed E-state index contributed by atoms with van der Waals surface area (Å²) in [4.78, 5) is 2.88. The molecule has 0 unspecified atom stereocenters. The second kappa shape index (κ2) is 13.2. The molecule has 4 nitrogen and oxygen atoms in total. The van der Waals surface area contributed by atoms with Crippen LogP contribution in [-0.2, 0) is 6.54 Å². The van der Waals surface area contributed by atoms with Crippen molar-refractivity contribution in [3.8, 4) is 5.75 Å². The fourth-order valence-electron chi connectivity index (χ4n) is 4.27. The molecule has 0 saturated carbocycles. The molecular formula is C31H35F2N3OS. The number of nitrogens with zero attached hydrogens (tertiary/aromatic N) is 1. The third-order valence-electron chi connectivity index (χ3n) is 6.30. The van der Waals surface area contributed by atoms with E-state index in [2.05, 4.69) is 35.8 Å². The molecule has 1 saturated heterocycles. The van der Waals surface area contributed by atoms with Gasteiger partial charge in [-0.1, -0.05) is 67.9 Å². The molecule has 1 fully saturated rings. The van der Waals surface area contributed by atoms with Gasteiger partial charge in [-0.05, 0) is 60.6 Å². The van der Waals surface area contributed by atoms with Crippen molar-refractivity contribution in [3.05, 3.63) is 130 Å². The Morgan fingerprint density at radius 1 is 1.13 bits per heavy atom. The van der Waals surface area contributed by atoms with Gasteiger partial charge in [0.2, 0.25) is 0 Å². The number of halogens is 2. The first kappa shape index (κ1) is 28.9. The van der Waals surface area contributed by atoms with E-state index >= 15 is 0 Å². The lowest BCUT2D eigenvalue weighted by atomic mass is 9.98. The van der Waals surface area contributed by atoms with Gasteiger partial charge in [0.1, 0.15) is 5.82 Å². The van der Waals surface area contributed by atoms with E-state index in [9.17, 15) is 13.9 Å². The number of allylic oxidation sites excluding steroid dienone is 2. The molecule has 0 aromatic heterocycles. The molecule has 0 radical (unpaired) electrons. The van der Waals surface area contributed by atoms with E-state index in [0.717, 1.165) is 50.7 Å². The number of nitrogens with one attached hydrogen (secondary N) is 2. The lowest BCUT2D eigenvalue weighted by Gasteiger charge is -2.36. The molecule has 3 rings (SSSR count). The summed E-state index contributed by atoms with van der Waals surface area (Å²) >= 11 is 1.58. The van der Waals surface area contributed by atoms with Gasteiger partial charge in [0.25, 0.3) is 0 Å². The van der Waals surface area contributed by atoms with E-state index in [0.29, 0.717) is 25.3 Å². The molecule has 2 aromatic carbocycles. The molecule has 1 heterocycles. The van der Waals surface area contributed by atoms with Gasteiger partial charge in [0.15, 0.2) is 11.6 Å². The van der Waals surface area contributed by atoms with Crippen molar-refractivity contribution in [1.82, 2.24) is 15.5 Å². The predicted octanol–water partition coefficient (Wildman–Crippen LogP) is 7.22. The topological polar surface area (TPSA) is 47.5 Å². The van der Waals surface area contributed by atoms with E-state index in [1.165, 1.54) is 0 Å². The van der Waals surface area contributed by atoms with Gasteiger partial charge in [-0.25, -0.2) is 8.78 Å². The van der Waals surface area contributed by atoms with Crippen molar-refractivity contribution in [3.63, 3.8) is 0 Å². The largest absolute Gasteiger partial charge is 0.505 e. The third-order valence-corrected chi connectivity index (χ3v) is 7.34. The molecular weight excluding hydrogens is 500 g/mol. The van der Waals surface area contributed by atoms with Crippen LogP contribution in [0.3, 0.4) is 0 Å². The summed E-state index contributed by atoms with van der Waals surface area (Å²) in [5, 5.41) is 18.9. The van der Waals surface area contributed by atoms with Crippen molar-refractivity contribution in [2.45, 2.75) is 27.3 Å². The standard InChI is InChI=1S/C31H35F2N3OS/c1-7-26(22(4)35-17-20(2)19-38-24(6)25-11-9-8-10-12-25)21(3)30-23(5)34-15-16-36(30)18-27-28(32)13-14-29(33)31(27)37/h7-14,19,34-35,37H,4-6,15-18H2,1-3H3/b20-19+,26-7+,30-21+. The van der Waals surface area contributed by atoms with Crippen molar-refractivity contribution < 1.29 is 13.9 Å². The number of benzene rings is 2. The summed E-state index contributed by atoms with van der Waals surface area (Å²) in [5.74, 6) is -2.17. The third kappa shape index (κ3) is 6.98. The van der Waals surface area contributed by atoms with Crippen LogP contribution in [0.1, 0.15) is 31.9 Å². The Morgan fingerprint density at radius 3 is 2.50 bits per heavy atom. The maximum absolute atomic E-state index is 14.5. The van der Waals surface area contributed by atoms with E-state index in [1.54, 1.807) is 11.8 Å². The molecule has 7 heteroatoms. The van der Waals surface area contributed by atoms with Crippen LogP contribution in [0.2, 0.25) is 0 Å². The Kier molecular flexibility index (Phi) is 10.0. The molecule has 2 aromatic rings. The van der Waals surface area contributed by atoms with Crippen LogP contribution in [0.4, 0.5) is 8.78 Å². The van der Waals surface area contributed by atoms with E-state index in [4.69, 9.17) is 0 Å². The average Bonchev–Trinajstić information content (AvgIpc) is 2.91. The van der Waals surface area contributed by atoms with Gasteiger partial charge >= 0.3 is 0 Å². The van der Waals surface area contributed by atoms with Crippen LogP contribution in [-0.4, -0.2) is 29.6 Å². The Labute approximate surface area is 228 Å². The molecule has 0 spiro atoms. The molecule has 3 N–H and O–H groups in total. The van der Waals surface area contributed by atoms with Crippen LogP contribution in [0.25, 0.3) is 4.91 Å². The zero-order chi connectivity index (χ0) is 27.8. The number of thioether (sulfide) groups is 1. The Hall–Kier alpha value is -3.71. The fourth-order valence-corrected chi connectivity index (χ4v) is 4.96. The van der Waals surface area contributed by atoms with Crippen LogP contribution in [0.5, 0.6) is 5.75 Å². The summed E-state index contributed by atoms with van der Waals surface area (Å²) in [6.45, 7) is 20.2. The van der Waals surface area contributed by atoms with Crippen LogP contribution < -0.4 is 10.6 Å². The first-order chi connectivity index (χ1) is 18.1. The quantitative estimate of drug-likeness (QED) is 0.281. The van der Waals surface area contributed by atoms with Gasteiger partial charge in [-0.3, -0.25) is 0 Å². The van der Waals surface area contributed by atoms with E-state index in [1.807, 2.05) is 62.1 Å². The second-order valence-electron chi connectivity index (χ2n) is 9.06. The maximum atomic E-state index is 14.5. The Morgan fingerprint density at radius 2 is 1.82 bits per heavy atom. The summed E-state index contributed by atoms with van der Waals surface area (Å²) in [6, 6.07) is 12.0. The average molecular weight is 536 g/mol. The zero-order valence-corrected chi connectivity index (χ0v) is 23.0. The summed E-state index contributed by atoms with van der Waals surface area (Å²) in [7, 11) is 0. The van der Waals surface area contributed by atoms with Crippen molar-refractivity contribution in [1.29, 1.82) is 0 Å². The van der Waals surface area contributed by atoms with Crippen LogP contribution in [0.15, 0.2) is 107 Å². The highest BCUT2D eigenvalue weighted by atomic mass is 32.2. The molecule has 0 aliphatic carbocycles. The molecule has 200 valence electrons. The van der Waals surface area contributed by atoms with Crippen LogP contribution >= 0.6 is 11.8 Å². The van der Waals surface area contributed by atoms with Gasteiger partial charge in [0.05, 0.1) is 17.0 Å². The van der Waals surface area contributed by atoms with Gasteiger partial charge in [-0.2, -0.15) is 0 Å². The lowest BCUT2D eigenvalue weighted by Crippen LogP contribution is -2.40. The highest BCUT2D eigenvalue weighted by molar-refractivity contribution is 8.10. The number of phenolic OH excluding ortho intramolecular Hbond substituents is 1. The minimum absolute atomic E-state index is 0.00404. The molecule has 38 heavy (non-hydrogen) atoms. The second-order valence-corrected chi connectivity index (χ2v) is 10.0. The fraction of sp³-hybridized carbons (Fsp3) is 0.226. The number of hydrogen-bond acceptors (Lipinski definition) is 5. The summed E-state index contributed by atoms with van der Waals surface area (Å²) < 4.78 is 28.4. The van der Waals surface area contributed by atoms with Gasteiger partial charge in [-0.15, -0.1) is 0 Å². The maximum Gasteiger partial charge on any atom is 0.165 e. The van der Waals surface area contributed by atoms with Crippen molar-refractivity contribution in [2.75, 3.05) is 19.6 Å². The minimum Gasteiger partial charge on any atom is -0.505 e. The van der Waals surface area contributed by atoms with Crippen molar-refractivity contribution >= 4 is 16.7 Å². The number of piperazine rings is 1. The first-order valence-corrected chi connectivity index (χ1v) is 13.2. The molecule has 0 bridgehead atoms. The number of phenols is 1. The predicted molar refractivity (Wildman–Crippen MR) is 156 cm³/mol. The lowest BCUT2D eigenvalue weighted by molar-refractivity contribution is 0.299. The highest BCUT2D eigenvalue weighted by Gasteiger charge is 2.25. The van der Waals surface area contributed by atoms with Crippen molar-refractivity contribution in [2.24, 2.45) is 0 Å². The molecule has 0 atom stereocenters.